The van der Waals surface area contributed by atoms with Crippen LogP contribution in [-0.4, -0.2) is 59.0 Å². The largest absolute Gasteiger partial charge is 0.480 e. The van der Waals surface area contributed by atoms with Gasteiger partial charge in [0.05, 0.1) is 12.8 Å². The average Bonchev–Trinajstić information content (AvgIpc) is 2.93. The maximum Gasteiger partial charge on any atom is 0.259 e. The summed E-state index contributed by atoms with van der Waals surface area (Å²) in [5.41, 5.74) is 0.845. The van der Waals surface area contributed by atoms with Gasteiger partial charge in [0, 0.05) is 32.4 Å². The Kier molecular flexibility index (Phi) is 5.60. The van der Waals surface area contributed by atoms with Crippen molar-refractivity contribution in [1.29, 1.82) is 0 Å². The van der Waals surface area contributed by atoms with Gasteiger partial charge in [0.25, 0.3) is 5.91 Å². The first kappa shape index (κ1) is 18.0. The van der Waals surface area contributed by atoms with Crippen LogP contribution in [0.5, 0.6) is 5.88 Å². The number of nitrogens with zero attached hydrogens (tertiary/aromatic N) is 5. The summed E-state index contributed by atoms with van der Waals surface area (Å²) >= 11 is 0. The van der Waals surface area contributed by atoms with Gasteiger partial charge in [-0.15, -0.1) is 0 Å². The van der Waals surface area contributed by atoms with Gasteiger partial charge < -0.3 is 14.5 Å². The molecule has 0 radical (unpaired) electrons. The number of aryl methyl sites for hydroxylation is 1. The van der Waals surface area contributed by atoms with Gasteiger partial charge in [-0.1, -0.05) is 6.92 Å². The number of carbonyl (C=O) groups is 1. The molecule has 7 nitrogen and oxygen atoms in total. The zero-order valence-corrected chi connectivity index (χ0v) is 15.0. The molecule has 0 bridgehead atoms. The first-order valence-corrected chi connectivity index (χ1v) is 8.68. The van der Waals surface area contributed by atoms with E-state index in [1.165, 1.54) is 13.4 Å². The van der Waals surface area contributed by atoms with Crippen LogP contribution in [0.2, 0.25) is 0 Å². The summed E-state index contributed by atoms with van der Waals surface area (Å²) in [4.78, 5) is 28.6. The van der Waals surface area contributed by atoms with Crippen LogP contribution >= 0.6 is 0 Å². The van der Waals surface area contributed by atoms with Gasteiger partial charge in [-0.25, -0.2) is 19.3 Å². The van der Waals surface area contributed by atoms with E-state index in [0.717, 1.165) is 6.42 Å². The summed E-state index contributed by atoms with van der Waals surface area (Å²) in [5, 5.41) is 0. The van der Waals surface area contributed by atoms with Gasteiger partial charge in [-0.3, -0.25) is 4.79 Å². The first-order valence-electron chi connectivity index (χ1n) is 8.68. The van der Waals surface area contributed by atoms with E-state index in [1.807, 2.05) is 11.8 Å². The molecule has 0 saturated carbocycles. The summed E-state index contributed by atoms with van der Waals surface area (Å²) in [5.74, 6) is 0.121. The second-order valence-electron chi connectivity index (χ2n) is 6.00. The van der Waals surface area contributed by atoms with Gasteiger partial charge in [0.15, 0.2) is 11.6 Å². The Bertz CT molecular complexity index is 786. The van der Waals surface area contributed by atoms with Crippen molar-refractivity contribution in [3.8, 4) is 5.88 Å². The van der Waals surface area contributed by atoms with Crippen LogP contribution in [0.4, 0.5) is 10.2 Å². The number of anilines is 1. The molecule has 8 heteroatoms. The van der Waals surface area contributed by atoms with E-state index in [9.17, 15) is 9.18 Å². The number of pyridine rings is 1. The number of methoxy groups -OCH3 is 1. The van der Waals surface area contributed by atoms with Crippen LogP contribution in [0.15, 0.2) is 24.7 Å². The van der Waals surface area contributed by atoms with E-state index in [0.29, 0.717) is 55.6 Å². The lowest BCUT2D eigenvalue weighted by atomic mass is 10.2. The van der Waals surface area contributed by atoms with Gasteiger partial charge >= 0.3 is 0 Å². The molecule has 2 aromatic heterocycles. The van der Waals surface area contributed by atoms with Gasteiger partial charge in [0.1, 0.15) is 11.9 Å². The third kappa shape index (κ3) is 3.58. The van der Waals surface area contributed by atoms with Gasteiger partial charge in [-0.05, 0) is 25.0 Å². The van der Waals surface area contributed by atoms with Crippen molar-refractivity contribution in [2.24, 2.45) is 0 Å². The molecule has 3 rings (SSSR count). The number of amides is 1. The Hall–Kier alpha value is -2.77. The van der Waals surface area contributed by atoms with Crippen molar-refractivity contribution in [3.05, 3.63) is 41.7 Å². The van der Waals surface area contributed by atoms with Crippen LogP contribution in [0, 0.1) is 5.82 Å². The predicted molar refractivity (Wildman–Crippen MR) is 94.9 cm³/mol. The number of hydrogen-bond acceptors (Lipinski definition) is 6. The van der Waals surface area contributed by atoms with Crippen LogP contribution in [0.3, 0.4) is 0 Å². The van der Waals surface area contributed by atoms with Gasteiger partial charge in [-0.2, -0.15) is 0 Å². The van der Waals surface area contributed by atoms with E-state index in [2.05, 4.69) is 15.0 Å². The lowest BCUT2D eigenvalue weighted by Crippen LogP contribution is -2.36. The molecule has 26 heavy (non-hydrogen) atoms. The van der Waals surface area contributed by atoms with E-state index in [4.69, 9.17) is 4.74 Å². The Labute approximate surface area is 151 Å². The molecule has 0 atom stereocenters. The maximum absolute atomic E-state index is 14.5. The minimum absolute atomic E-state index is 0.130. The van der Waals surface area contributed by atoms with Crippen molar-refractivity contribution < 1.29 is 13.9 Å². The molecule has 1 fully saturated rings. The average molecular weight is 359 g/mol. The summed E-state index contributed by atoms with van der Waals surface area (Å²) in [7, 11) is 1.49. The fourth-order valence-corrected chi connectivity index (χ4v) is 3.08. The molecule has 0 aliphatic carbocycles. The van der Waals surface area contributed by atoms with E-state index in [-0.39, 0.29) is 11.7 Å². The van der Waals surface area contributed by atoms with Crippen molar-refractivity contribution >= 4 is 11.7 Å². The number of halogens is 1. The lowest BCUT2D eigenvalue weighted by molar-refractivity contribution is 0.0762. The molecule has 138 valence electrons. The molecule has 0 unspecified atom stereocenters. The Morgan fingerprint density at radius 1 is 1.23 bits per heavy atom. The van der Waals surface area contributed by atoms with Crippen LogP contribution < -0.4 is 9.64 Å². The van der Waals surface area contributed by atoms with Crippen molar-refractivity contribution in [2.45, 2.75) is 19.8 Å². The number of carbonyl (C=O) groups excluding carboxylic acids is 1. The smallest absolute Gasteiger partial charge is 0.259 e. The third-order valence-corrected chi connectivity index (χ3v) is 4.46. The molecule has 1 aliphatic heterocycles. The van der Waals surface area contributed by atoms with Crippen LogP contribution in [0.25, 0.3) is 0 Å². The number of aromatic nitrogens is 3. The minimum Gasteiger partial charge on any atom is -0.480 e. The standard InChI is InChI=1S/C18H22FN5O2/c1-3-14-15(19)16(22-12-21-14)23-8-5-9-24(11-10-23)18(25)13-6-4-7-20-17(13)26-2/h4,6-7,12H,3,5,8-11H2,1-2H3. The van der Waals surface area contributed by atoms with Crippen LogP contribution in [0.1, 0.15) is 29.4 Å². The fourth-order valence-electron chi connectivity index (χ4n) is 3.08. The molecule has 0 spiro atoms. The monoisotopic (exact) mass is 359 g/mol. The Morgan fingerprint density at radius 2 is 2.08 bits per heavy atom. The fraction of sp³-hybridized carbons (Fsp3) is 0.444. The molecular formula is C18H22FN5O2. The van der Waals surface area contributed by atoms with E-state index in [1.54, 1.807) is 23.2 Å². The molecule has 0 N–H and O–H groups in total. The Balaban J connectivity index is 1.75. The summed E-state index contributed by atoms with van der Waals surface area (Å²) in [6, 6.07) is 3.41. The molecule has 1 amide bonds. The highest BCUT2D eigenvalue weighted by molar-refractivity contribution is 5.96. The van der Waals surface area contributed by atoms with Crippen molar-refractivity contribution in [1.82, 2.24) is 19.9 Å². The lowest BCUT2D eigenvalue weighted by Gasteiger charge is -2.23. The number of rotatable bonds is 4. The van der Waals surface area contributed by atoms with E-state index >= 15 is 0 Å². The summed E-state index contributed by atoms with van der Waals surface area (Å²) < 4.78 is 19.7. The molecule has 0 aromatic carbocycles. The van der Waals surface area contributed by atoms with Crippen molar-refractivity contribution in [2.75, 3.05) is 38.2 Å². The highest BCUT2D eigenvalue weighted by atomic mass is 19.1. The third-order valence-electron chi connectivity index (χ3n) is 4.46. The first-order chi connectivity index (χ1) is 12.7. The second-order valence-corrected chi connectivity index (χ2v) is 6.00. The zero-order valence-electron chi connectivity index (χ0n) is 15.0. The SMILES string of the molecule is CCc1ncnc(N2CCCN(C(=O)c3cccnc3OC)CC2)c1F. The summed E-state index contributed by atoms with van der Waals surface area (Å²) in [6.07, 6.45) is 4.22. The van der Waals surface area contributed by atoms with Gasteiger partial charge in [0.2, 0.25) is 5.88 Å². The van der Waals surface area contributed by atoms with Crippen LogP contribution in [-0.2, 0) is 6.42 Å². The summed E-state index contributed by atoms with van der Waals surface area (Å²) in [6.45, 7) is 4.05. The normalized spacial score (nSPS) is 14.9. The molecule has 1 saturated heterocycles. The second kappa shape index (κ2) is 8.07. The number of ether oxygens (including phenoxy) is 1. The number of hydrogen-bond donors (Lipinski definition) is 0. The minimum atomic E-state index is -0.372. The predicted octanol–water partition coefficient (Wildman–Crippen LogP) is 1.93. The maximum atomic E-state index is 14.5. The highest BCUT2D eigenvalue weighted by Crippen LogP contribution is 2.21. The molecule has 3 heterocycles. The quantitative estimate of drug-likeness (QED) is 0.831. The highest BCUT2D eigenvalue weighted by Gasteiger charge is 2.25. The molecule has 2 aromatic rings. The Morgan fingerprint density at radius 3 is 2.85 bits per heavy atom. The topological polar surface area (TPSA) is 71.5 Å². The molecular weight excluding hydrogens is 337 g/mol. The molecule has 1 aliphatic rings. The van der Waals surface area contributed by atoms with Crippen molar-refractivity contribution in [3.63, 3.8) is 0 Å². The zero-order chi connectivity index (χ0) is 18.5. The van der Waals surface area contributed by atoms with E-state index < -0.39 is 0 Å².